The molecule has 3 nitrogen and oxygen atoms in total. The number of halogens is 3. The molecule has 0 radical (unpaired) electrons. The predicted molar refractivity (Wildman–Crippen MR) is 66.2 cm³/mol. The summed E-state index contributed by atoms with van der Waals surface area (Å²) >= 11 is 0. The van der Waals surface area contributed by atoms with Gasteiger partial charge in [-0.1, -0.05) is 31.9 Å². The van der Waals surface area contributed by atoms with Gasteiger partial charge in [0.25, 0.3) is 0 Å². The van der Waals surface area contributed by atoms with E-state index in [9.17, 15) is 21.6 Å². The maximum atomic E-state index is 12.7. The molecule has 0 saturated carbocycles. The summed E-state index contributed by atoms with van der Waals surface area (Å²) in [5.74, 6) is 0. The Hall–Kier alpha value is -1.08. The second kappa shape index (κ2) is 6.38. The van der Waals surface area contributed by atoms with Gasteiger partial charge in [0.2, 0.25) is 10.0 Å². The molecule has 0 aliphatic carbocycles. The monoisotopic (exact) mass is 295 g/mol. The average Bonchev–Trinajstić information content (AvgIpc) is 2.34. The first-order valence-corrected chi connectivity index (χ1v) is 7.43. The molecule has 0 spiro atoms. The van der Waals surface area contributed by atoms with Gasteiger partial charge < -0.3 is 0 Å². The standard InChI is InChI=1S/C12H16F3NO2S/c1-2-3-6-9-16-19(17,18)11-8-5-4-7-10(11)12(13,14)15/h4-5,7-8,16H,2-3,6,9H2,1H3. The Bertz CT molecular complexity index is 512. The number of nitrogens with one attached hydrogen (secondary N) is 1. The number of sulfonamides is 1. The molecule has 0 aliphatic rings. The minimum Gasteiger partial charge on any atom is -0.211 e. The molecule has 0 unspecified atom stereocenters. The zero-order valence-electron chi connectivity index (χ0n) is 10.5. The highest BCUT2D eigenvalue weighted by Crippen LogP contribution is 2.33. The molecule has 0 atom stereocenters. The van der Waals surface area contributed by atoms with Crippen LogP contribution < -0.4 is 4.72 Å². The van der Waals surface area contributed by atoms with Crippen molar-refractivity contribution in [3.63, 3.8) is 0 Å². The molecule has 1 rings (SSSR count). The van der Waals surface area contributed by atoms with Crippen molar-refractivity contribution in [1.29, 1.82) is 0 Å². The molecule has 0 bridgehead atoms. The van der Waals surface area contributed by atoms with Gasteiger partial charge in [-0.05, 0) is 18.6 Å². The molecule has 0 heterocycles. The summed E-state index contributed by atoms with van der Waals surface area (Å²) in [5, 5.41) is 0. The molecule has 0 aromatic heterocycles. The quantitative estimate of drug-likeness (QED) is 0.819. The maximum absolute atomic E-state index is 12.7. The molecule has 7 heteroatoms. The third-order valence-electron chi connectivity index (χ3n) is 2.55. The van der Waals surface area contributed by atoms with Gasteiger partial charge in [0.05, 0.1) is 10.5 Å². The van der Waals surface area contributed by atoms with Crippen molar-refractivity contribution >= 4 is 10.0 Å². The zero-order chi connectivity index (χ0) is 14.5. The number of hydrogen-bond acceptors (Lipinski definition) is 2. The van der Waals surface area contributed by atoms with Gasteiger partial charge in [0, 0.05) is 6.54 Å². The minimum absolute atomic E-state index is 0.141. The smallest absolute Gasteiger partial charge is 0.211 e. The van der Waals surface area contributed by atoms with Crippen LogP contribution >= 0.6 is 0 Å². The van der Waals surface area contributed by atoms with Gasteiger partial charge in [0.1, 0.15) is 0 Å². The molecule has 1 aromatic rings. The normalized spacial score (nSPS) is 12.6. The fourth-order valence-corrected chi connectivity index (χ4v) is 2.89. The summed E-state index contributed by atoms with van der Waals surface area (Å²) < 4.78 is 64.1. The fraction of sp³-hybridized carbons (Fsp3) is 0.500. The van der Waals surface area contributed by atoms with Crippen molar-refractivity contribution in [2.75, 3.05) is 6.54 Å². The number of unbranched alkanes of at least 4 members (excludes halogenated alkanes) is 2. The molecular weight excluding hydrogens is 279 g/mol. The zero-order valence-corrected chi connectivity index (χ0v) is 11.3. The summed E-state index contributed by atoms with van der Waals surface area (Å²) in [6.07, 6.45) is -2.36. The van der Waals surface area contributed by atoms with Crippen LogP contribution in [-0.2, 0) is 16.2 Å². The molecule has 0 fully saturated rings. The van der Waals surface area contributed by atoms with Gasteiger partial charge in [-0.15, -0.1) is 0 Å². The summed E-state index contributed by atoms with van der Waals surface area (Å²) in [6.45, 7) is 2.09. The summed E-state index contributed by atoms with van der Waals surface area (Å²) in [6, 6.07) is 4.17. The highest BCUT2D eigenvalue weighted by atomic mass is 32.2. The van der Waals surface area contributed by atoms with Crippen molar-refractivity contribution in [3.8, 4) is 0 Å². The first-order valence-electron chi connectivity index (χ1n) is 5.95. The van der Waals surface area contributed by atoms with Crippen LogP contribution in [0.5, 0.6) is 0 Å². The molecule has 1 aromatic carbocycles. The van der Waals surface area contributed by atoms with Crippen LogP contribution in [-0.4, -0.2) is 15.0 Å². The van der Waals surface area contributed by atoms with Crippen LogP contribution in [0.25, 0.3) is 0 Å². The van der Waals surface area contributed by atoms with Gasteiger partial charge in [-0.25, -0.2) is 13.1 Å². The Morgan fingerprint density at radius 2 is 1.79 bits per heavy atom. The molecule has 0 saturated heterocycles. The Kier molecular flexibility index (Phi) is 5.37. The highest BCUT2D eigenvalue weighted by Gasteiger charge is 2.36. The number of benzene rings is 1. The SMILES string of the molecule is CCCCCNS(=O)(=O)c1ccccc1C(F)(F)F. The van der Waals surface area contributed by atoms with E-state index in [1.165, 1.54) is 12.1 Å². The van der Waals surface area contributed by atoms with E-state index in [2.05, 4.69) is 4.72 Å². The Balaban J connectivity index is 2.96. The van der Waals surface area contributed by atoms with Crippen LogP contribution in [0.2, 0.25) is 0 Å². The van der Waals surface area contributed by atoms with Gasteiger partial charge >= 0.3 is 6.18 Å². The van der Waals surface area contributed by atoms with Crippen LogP contribution in [0.1, 0.15) is 31.7 Å². The second-order valence-corrected chi connectivity index (χ2v) is 5.83. The largest absolute Gasteiger partial charge is 0.417 e. The third-order valence-corrected chi connectivity index (χ3v) is 4.07. The summed E-state index contributed by atoms with van der Waals surface area (Å²) in [7, 11) is -4.12. The first kappa shape index (κ1) is 16.0. The van der Waals surface area contributed by atoms with Crippen LogP contribution in [0.3, 0.4) is 0 Å². The second-order valence-electron chi connectivity index (χ2n) is 4.10. The maximum Gasteiger partial charge on any atom is 0.417 e. The Morgan fingerprint density at radius 3 is 2.37 bits per heavy atom. The van der Waals surface area contributed by atoms with Gasteiger partial charge in [-0.3, -0.25) is 0 Å². The van der Waals surface area contributed by atoms with Crippen LogP contribution in [0, 0.1) is 0 Å². The minimum atomic E-state index is -4.69. The van der Waals surface area contributed by atoms with E-state index < -0.39 is 26.7 Å². The lowest BCUT2D eigenvalue weighted by molar-refractivity contribution is -0.139. The first-order chi connectivity index (χ1) is 8.79. The topological polar surface area (TPSA) is 46.2 Å². The Morgan fingerprint density at radius 1 is 1.16 bits per heavy atom. The molecule has 1 N–H and O–H groups in total. The van der Waals surface area contributed by atoms with E-state index in [0.29, 0.717) is 6.42 Å². The summed E-state index contributed by atoms with van der Waals surface area (Å²) in [5.41, 5.74) is -1.14. The molecule has 0 amide bonds. The third kappa shape index (κ3) is 4.50. The Labute approximate surface area is 110 Å². The number of alkyl halides is 3. The van der Waals surface area contributed by atoms with Crippen molar-refractivity contribution in [1.82, 2.24) is 4.72 Å². The highest BCUT2D eigenvalue weighted by molar-refractivity contribution is 7.89. The van der Waals surface area contributed by atoms with E-state index >= 15 is 0 Å². The lowest BCUT2D eigenvalue weighted by Crippen LogP contribution is -2.27. The van der Waals surface area contributed by atoms with E-state index in [0.717, 1.165) is 25.0 Å². The van der Waals surface area contributed by atoms with E-state index in [4.69, 9.17) is 0 Å². The van der Waals surface area contributed by atoms with Crippen molar-refractivity contribution in [3.05, 3.63) is 29.8 Å². The molecule has 108 valence electrons. The van der Waals surface area contributed by atoms with Crippen LogP contribution in [0.4, 0.5) is 13.2 Å². The summed E-state index contributed by atoms with van der Waals surface area (Å²) in [4.78, 5) is -0.723. The van der Waals surface area contributed by atoms with E-state index in [-0.39, 0.29) is 6.54 Å². The average molecular weight is 295 g/mol. The lowest BCUT2D eigenvalue weighted by atomic mass is 10.2. The van der Waals surface area contributed by atoms with Crippen molar-refractivity contribution in [2.24, 2.45) is 0 Å². The fourth-order valence-electron chi connectivity index (χ4n) is 1.59. The number of rotatable bonds is 6. The van der Waals surface area contributed by atoms with E-state index in [1.807, 2.05) is 6.92 Å². The molecular formula is C12H16F3NO2S. The van der Waals surface area contributed by atoms with Crippen molar-refractivity contribution < 1.29 is 21.6 Å². The lowest BCUT2D eigenvalue weighted by Gasteiger charge is -2.13. The van der Waals surface area contributed by atoms with E-state index in [1.54, 1.807) is 0 Å². The molecule has 0 aliphatic heterocycles. The predicted octanol–water partition coefficient (Wildman–Crippen LogP) is 3.17. The van der Waals surface area contributed by atoms with Gasteiger partial charge in [0.15, 0.2) is 0 Å². The number of hydrogen-bond donors (Lipinski definition) is 1. The van der Waals surface area contributed by atoms with Crippen molar-refractivity contribution in [2.45, 2.75) is 37.3 Å². The molecule has 19 heavy (non-hydrogen) atoms. The van der Waals surface area contributed by atoms with Crippen LogP contribution in [0.15, 0.2) is 29.2 Å². The van der Waals surface area contributed by atoms with Gasteiger partial charge in [-0.2, -0.15) is 13.2 Å².